The van der Waals surface area contributed by atoms with Crippen molar-refractivity contribution >= 4 is 14.5 Å². The molecule has 1 aliphatic rings. The van der Waals surface area contributed by atoms with Crippen LogP contribution in [0.15, 0.2) is 23.3 Å². The van der Waals surface area contributed by atoms with Crippen LogP contribution in [-0.4, -0.2) is 24.8 Å². The summed E-state index contributed by atoms with van der Waals surface area (Å²) in [5.74, 6) is 0.198. The lowest BCUT2D eigenvalue weighted by atomic mass is 9.99. The van der Waals surface area contributed by atoms with E-state index >= 15 is 0 Å². The lowest BCUT2D eigenvalue weighted by molar-refractivity contribution is -0.119. The van der Waals surface area contributed by atoms with Crippen molar-refractivity contribution in [1.82, 2.24) is 5.32 Å². The molecule has 0 aromatic heterocycles. The third-order valence-corrected chi connectivity index (χ3v) is 3.84. The summed E-state index contributed by atoms with van der Waals surface area (Å²) in [6.07, 6.45) is 6.37. The number of carbonyl (C=O) groups excluding carboxylic acids is 1. The maximum atomic E-state index is 11.8. The third kappa shape index (κ3) is 2.92. The largest absolute Gasteiger partial charge is 0.355 e. The molecule has 1 aliphatic heterocycles. The number of amides is 1. The van der Waals surface area contributed by atoms with Gasteiger partial charge in [-0.2, -0.15) is 0 Å². The van der Waals surface area contributed by atoms with Gasteiger partial charge in [0.2, 0.25) is 5.91 Å². The molecule has 15 heavy (non-hydrogen) atoms. The van der Waals surface area contributed by atoms with Crippen LogP contribution in [-0.2, 0) is 4.79 Å². The standard InChI is InChI=1S/C12H20NOP/c1-4-6-9-7-8-13-12(14)11(15-3)10(9)5-2/h5-6,11,15H,4,7-8H2,1-3H3,(H,13,14)/b9-6-,10-5+. The van der Waals surface area contributed by atoms with Gasteiger partial charge in [0.15, 0.2) is 0 Å². The summed E-state index contributed by atoms with van der Waals surface area (Å²) < 4.78 is 0. The second kappa shape index (κ2) is 6.07. The first kappa shape index (κ1) is 12.4. The number of hydrogen-bond acceptors (Lipinski definition) is 1. The van der Waals surface area contributed by atoms with Gasteiger partial charge in [0.1, 0.15) is 0 Å². The average Bonchev–Trinajstić information content (AvgIpc) is 2.38. The molecule has 0 bridgehead atoms. The van der Waals surface area contributed by atoms with Crippen LogP contribution < -0.4 is 5.32 Å². The summed E-state index contributed by atoms with van der Waals surface area (Å²) in [6, 6.07) is 0. The van der Waals surface area contributed by atoms with E-state index in [9.17, 15) is 4.79 Å². The first-order chi connectivity index (χ1) is 7.24. The van der Waals surface area contributed by atoms with E-state index in [2.05, 4.69) is 31.1 Å². The van der Waals surface area contributed by atoms with Crippen LogP contribution in [0.2, 0.25) is 0 Å². The van der Waals surface area contributed by atoms with Crippen molar-refractivity contribution in [3.63, 3.8) is 0 Å². The zero-order chi connectivity index (χ0) is 11.3. The van der Waals surface area contributed by atoms with E-state index in [1.54, 1.807) is 0 Å². The van der Waals surface area contributed by atoms with Crippen molar-refractivity contribution in [2.24, 2.45) is 0 Å². The van der Waals surface area contributed by atoms with Crippen molar-refractivity contribution in [3.8, 4) is 0 Å². The van der Waals surface area contributed by atoms with E-state index in [1.807, 2.05) is 6.92 Å². The fourth-order valence-electron chi connectivity index (χ4n) is 2.00. The summed E-state index contributed by atoms with van der Waals surface area (Å²) >= 11 is 0. The fourth-order valence-corrected chi connectivity index (χ4v) is 3.03. The maximum Gasteiger partial charge on any atom is 0.231 e. The molecule has 0 spiro atoms. The normalized spacial score (nSPS) is 28.7. The quantitative estimate of drug-likeness (QED) is 0.719. The van der Waals surface area contributed by atoms with Crippen molar-refractivity contribution in [1.29, 1.82) is 0 Å². The van der Waals surface area contributed by atoms with Crippen LogP contribution in [0, 0.1) is 0 Å². The number of allylic oxidation sites excluding steroid dienone is 2. The molecule has 1 rings (SSSR count). The van der Waals surface area contributed by atoms with Gasteiger partial charge >= 0.3 is 0 Å². The second-order valence-corrected chi connectivity index (χ2v) is 4.80. The molecular weight excluding hydrogens is 205 g/mol. The predicted molar refractivity (Wildman–Crippen MR) is 67.8 cm³/mol. The van der Waals surface area contributed by atoms with E-state index in [4.69, 9.17) is 0 Å². The monoisotopic (exact) mass is 225 g/mol. The van der Waals surface area contributed by atoms with Crippen LogP contribution in [0.3, 0.4) is 0 Å². The number of carbonyl (C=O) groups is 1. The summed E-state index contributed by atoms with van der Waals surface area (Å²) in [5.41, 5.74) is 2.68. The van der Waals surface area contributed by atoms with E-state index < -0.39 is 0 Å². The van der Waals surface area contributed by atoms with Crippen molar-refractivity contribution in [2.75, 3.05) is 13.2 Å². The zero-order valence-electron chi connectivity index (χ0n) is 9.76. The van der Waals surface area contributed by atoms with Crippen LogP contribution >= 0.6 is 8.58 Å². The van der Waals surface area contributed by atoms with Crippen molar-refractivity contribution in [3.05, 3.63) is 23.3 Å². The Morgan fingerprint density at radius 2 is 2.33 bits per heavy atom. The van der Waals surface area contributed by atoms with Crippen molar-refractivity contribution in [2.45, 2.75) is 32.3 Å². The molecule has 3 heteroatoms. The second-order valence-electron chi connectivity index (χ2n) is 3.64. The summed E-state index contributed by atoms with van der Waals surface area (Å²) in [4.78, 5) is 11.8. The molecule has 1 N–H and O–H groups in total. The predicted octanol–water partition coefficient (Wildman–Crippen LogP) is 2.47. The van der Waals surface area contributed by atoms with Crippen LogP contribution in [0.1, 0.15) is 26.7 Å². The summed E-state index contributed by atoms with van der Waals surface area (Å²) in [6.45, 7) is 7.06. The average molecular weight is 225 g/mol. The van der Waals surface area contributed by atoms with Gasteiger partial charge in [-0.05, 0) is 37.6 Å². The first-order valence-electron chi connectivity index (χ1n) is 5.55. The van der Waals surface area contributed by atoms with Gasteiger partial charge in [-0.3, -0.25) is 4.79 Å². The molecular formula is C12H20NOP. The summed E-state index contributed by atoms with van der Waals surface area (Å²) in [5, 5.41) is 2.98. The lowest BCUT2D eigenvalue weighted by Crippen LogP contribution is -2.30. The molecule has 0 aliphatic carbocycles. The molecule has 1 amide bonds. The maximum absolute atomic E-state index is 11.8. The first-order valence-corrected chi connectivity index (χ1v) is 7.12. The molecule has 84 valence electrons. The Bertz CT molecular complexity index is 294. The van der Waals surface area contributed by atoms with Crippen LogP contribution in [0.25, 0.3) is 0 Å². The van der Waals surface area contributed by atoms with E-state index in [1.165, 1.54) is 11.1 Å². The topological polar surface area (TPSA) is 29.1 Å². The molecule has 1 saturated heterocycles. The highest BCUT2D eigenvalue weighted by atomic mass is 31.1. The van der Waals surface area contributed by atoms with Gasteiger partial charge in [0.05, 0.1) is 5.66 Å². The van der Waals surface area contributed by atoms with Gasteiger partial charge < -0.3 is 5.32 Å². The molecule has 1 fully saturated rings. The van der Waals surface area contributed by atoms with E-state index in [0.29, 0.717) is 8.58 Å². The molecule has 2 atom stereocenters. The molecule has 0 radical (unpaired) electrons. The minimum atomic E-state index is 0.0790. The van der Waals surface area contributed by atoms with Gasteiger partial charge in [-0.25, -0.2) is 0 Å². The molecule has 0 saturated carbocycles. The Kier molecular flexibility index (Phi) is 5.04. The van der Waals surface area contributed by atoms with Crippen LogP contribution in [0.4, 0.5) is 0 Å². The van der Waals surface area contributed by atoms with Crippen molar-refractivity contribution < 1.29 is 4.79 Å². The number of nitrogens with one attached hydrogen (secondary N) is 1. The highest BCUT2D eigenvalue weighted by molar-refractivity contribution is 7.39. The van der Waals surface area contributed by atoms with Gasteiger partial charge in [-0.1, -0.05) is 19.1 Å². The Labute approximate surface area is 94.0 Å². The Balaban J connectivity index is 3.02. The fraction of sp³-hybridized carbons (Fsp3) is 0.583. The molecule has 2 nitrogen and oxygen atoms in total. The van der Waals surface area contributed by atoms with Gasteiger partial charge in [-0.15, -0.1) is 8.58 Å². The Morgan fingerprint density at radius 1 is 1.60 bits per heavy atom. The van der Waals surface area contributed by atoms with E-state index in [0.717, 1.165) is 19.4 Å². The highest BCUT2D eigenvalue weighted by Gasteiger charge is 2.25. The zero-order valence-corrected chi connectivity index (χ0v) is 10.8. The Hall–Kier alpha value is -0.620. The number of hydrogen-bond donors (Lipinski definition) is 1. The van der Waals surface area contributed by atoms with Gasteiger partial charge in [0, 0.05) is 6.54 Å². The minimum Gasteiger partial charge on any atom is -0.355 e. The highest BCUT2D eigenvalue weighted by Crippen LogP contribution is 2.31. The molecule has 0 aromatic rings. The van der Waals surface area contributed by atoms with E-state index in [-0.39, 0.29) is 11.6 Å². The SMILES string of the molecule is C/C=C1\C(=C/CC)CCNC(=O)C1PC. The minimum absolute atomic E-state index is 0.0790. The third-order valence-electron chi connectivity index (χ3n) is 2.69. The smallest absolute Gasteiger partial charge is 0.231 e. The molecule has 0 aromatic carbocycles. The number of rotatable bonds is 2. The van der Waals surface area contributed by atoms with Crippen LogP contribution in [0.5, 0.6) is 0 Å². The summed E-state index contributed by atoms with van der Waals surface area (Å²) in [7, 11) is 0.639. The molecule has 1 heterocycles. The Morgan fingerprint density at radius 3 is 2.87 bits per heavy atom. The molecule has 2 unspecified atom stereocenters. The van der Waals surface area contributed by atoms with Gasteiger partial charge in [0.25, 0.3) is 0 Å². The lowest BCUT2D eigenvalue weighted by Gasteiger charge is -2.15.